The molecule has 0 fully saturated rings. The summed E-state index contributed by atoms with van der Waals surface area (Å²) < 4.78 is 1.72. The molecule has 0 bridgehead atoms. The first-order valence-corrected chi connectivity index (χ1v) is 5.22. The van der Waals surface area contributed by atoms with Gasteiger partial charge >= 0.3 is 0 Å². The van der Waals surface area contributed by atoms with Crippen molar-refractivity contribution in [2.24, 2.45) is 7.05 Å². The maximum Gasteiger partial charge on any atom is 0.0845 e. The highest BCUT2D eigenvalue weighted by Crippen LogP contribution is 2.15. The van der Waals surface area contributed by atoms with Crippen LogP contribution in [0.25, 0.3) is 0 Å². The molecule has 1 atom stereocenters. The van der Waals surface area contributed by atoms with Gasteiger partial charge in [-0.05, 0) is 24.7 Å². The van der Waals surface area contributed by atoms with Crippen LogP contribution in [0.4, 0.5) is 0 Å². The Morgan fingerprint density at radius 3 is 2.69 bits per heavy atom. The maximum absolute atomic E-state index is 4.09. The highest BCUT2D eigenvalue weighted by atomic mass is 15.4. The lowest BCUT2D eigenvalue weighted by atomic mass is 10.0. The fourth-order valence-electron chi connectivity index (χ4n) is 1.68. The zero-order chi connectivity index (χ0) is 11.4. The number of aromatic nitrogens is 4. The second-order valence-electron chi connectivity index (χ2n) is 3.71. The summed E-state index contributed by atoms with van der Waals surface area (Å²) in [6, 6.07) is 4.27. The Balaban J connectivity index is 2.12. The van der Waals surface area contributed by atoms with Gasteiger partial charge in [0, 0.05) is 38.1 Å². The van der Waals surface area contributed by atoms with E-state index in [-0.39, 0.29) is 6.04 Å². The molecule has 1 unspecified atom stereocenters. The van der Waals surface area contributed by atoms with Gasteiger partial charge in [-0.1, -0.05) is 5.21 Å². The third kappa shape index (κ3) is 2.43. The van der Waals surface area contributed by atoms with E-state index in [1.165, 1.54) is 5.56 Å². The Bertz CT molecular complexity index is 437. The molecule has 0 aliphatic rings. The molecule has 0 aromatic carbocycles. The van der Waals surface area contributed by atoms with Gasteiger partial charge in [0.2, 0.25) is 0 Å². The molecule has 2 aromatic rings. The van der Waals surface area contributed by atoms with E-state index < -0.39 is 0 Å². The Morgan fingerprint density at radius 2 is 2.12 bits per heavy atom. The van der Waals surface area contributed by atoms with E-state index in [4.69, 9.17) is 0 Å². The molecular weight excluding hydrogens is 202 g/mol. The van der Waals surface area contributed by atoms with Gasteiger partial charge in [0.05, 0.1) is 5.69 Å². The highest BCUT2D eigenvalue weighted by molar-refractivity contribution is 5.17. The van der Waals surface area contributed by atoms with Gasteiger partial charge in [0.15, 0.2) is 0 Å². The second kappa shape index (κ2) is 4.85. The number of hydrogen-bond acceptors (Lipinski definition) is 4. The lowest BCUT2D eigenvalue weighted by molar-refractivity contribution is 0.583. The van der Waals surface area contributed by atoms with Crippen LogP contribution in [0.15, 0.2) is 30.7 Å². The van der Waals surface area contributed by atoms with Crippen molar-refractivity contribution in [3.05, 3.63) is 42.0 Å². The van der Waals surface area contributed by atoms with E-state index in [0.717, 1.165) is 12.1 Å². The van der Waals surface area contributed by atoms with E-state index in [1.54, 1.807) is 17.1 Å². The first-order valence-electron chi connectivity index (χ1n) is 5.22. The van der Waals surface area contributed by atoms with E-state index in [2.05, 4.69) is 20.6 Å². The summed E-state index contributed by atoms with van der Waals surface area (Å²) in [5.41, 5.74) is 2.20. The van der Waals surface area contributed by atoms with Crippen molar-refractivity contribution >= 4 is 0 Å². The quantitative estimate of drug-likeness (QED) is 0.819. The molecule has 0 amide bonds. The van der Waals surface area contributed by atoms with Crippen LogP contribution >= 0.6 is 0 Å². The summed E-state index contributed by atoms with van der Waals surface area (Å²) in [6.45, 7) is 0. The van der Waals surface area contributed by atoms with Crippen molar-refractivity contribution in [2.75, 3.05) is 7.05 Å². The first kappa shape index (κ1) is 10.8. The maximum atomic E-state index is 4.09. The second-order valence-corrected chi connectivity index (χ2v) is 3.71. The number of pyridine rings is 1. The summed E-state index contributed by atoms with van der Waals surface area (Å²) in [5, 5.41) is 11.3. The third-order valence-electron chi connectivity index (χ3n) is 2.52. The lowest BCUT2D eigenvalue weighted by Gasteiger charge is -2.14. The molecule has 16 heavy (non-hydrogen) atoms. The highest BCUT2D eigenvalue weighted by Gasteiger charge is 2.11. The van der Waals surface area contributed by atoms with E-state index in [9.17, 15) is 0 Å². The van der Waals surface area contributed by atoms with E-state index in [1.807, 2.05) is 32.4 Å². The Morgan fingerprint density at radius 1 is 1.38 bits per heavy atom. The zero-order valence-electron chi connectivity index (χ0n) is 9.46. The fraction of sp³-hybridized carbons (Fsp3) is 0.364. The van der Waals surface area contributed by atoms with E-state index in [0.29, 0.717) is 0 Å². The molecule has 0 saturated carbocycles. The molecule has 2 rings (SSSR count). The summed E-state index contributed by atoms with van der Waals surface area (Å²) in [4.78, 5) is 4.01. The van der Waals surface area contributed by atoms with Gasteiger partial charge in [0.1, 0.15) is 0 Å². The molecule has 2 aromatic heterocycles. The van der Waals surface area contributed by atoms with Crippen LogP contribution in [-0.2, 0) is 13.5 Å². The summed E-state index contributed by atoms with van der Waals surface area (Å²) in [6.07, 6.45) is 6.37. The number of rotatable bonds is 4. The number of aryl methyl sites for hydroxylation is 1. The molecule has 0 spiro atoms. The molecule has 5 nitrogen and oxygen atoms in total. The van der Waals surface area contributed by atoms with Crippen molar-refractivity contribution in [1.82, 2.24) is 25.3 Å². The molecule has 1 N–H and O–H groups in total. The molecule has 0 aliphatic heterocycles. The number of hydrogen-bond donors (Lipinski definition) is 1. The molecule has 0 radical (unpaired) electrons. The summed E-state index contributed by atoms with van der Waals surface area (Å²) >= 11 is 0. The van der Waals surface area contributed by atoms with Gasteiger partial charge in [-0.2, -0.15) is 0 Å². The third-order valence-corrected chi connectivity index (χ3v) is 2.52. The lowest BCUT2D eigenvalue weighted by Crippen LogP contribution is -2.19. The van der Waals surface area contributed by atoms with Crippen LogP contribution in [-0.4, -0.2) is 27.0 Å². The van der Waals surface area contributed by atoms with Crippen LogP contribution in [0.5, 0.6) is 0 Å². The number of likely N-dealkylation sites (N-methyl/N-ethyl adjacent to an activating group) is 1. The van der Waals surface area contributed by atoms with Gasteiger partial charge in [0.25, 0.3) is 0 Å². The van der Waals surface area contributed by atoms with Gasteiger partial charge in [-0.15, -0.1) is 5.10 Å². The average Bonchev–Trinajstić information content (AvgIpc) is 2.73. The van der Waals surface area contributed by atoms with Crippen molar-refractivity contribution in [2.45, 2.75) is 12.5 Å². The molecule has 2 heterocycles. The largest absolute Gasteiger partial charge is 0.313 e. The predicted octanol–water partition coefficient (Wildman–Crippen LogP) is 0.713. The van der Waals surface area contributed by atoms with E-state index >= 15 is 0 Å². The van der Waals surface area contributed by atoms with Crippen LogP contribution in [0.1, 0.15) is 17.3 Å². The minimum atomic E-state index is 0.250. The molecule has 5 heteroatoms. The van der Waals surface area contributed by atoms with Crippen LogP contribution in [0.3, 0.4) is 0 Å². The SMILES string of the molecule is CNC(Cc1cn(C)nn1)c1ccncc1. The minimum absolute atomic E-state index is 0.250. The Hall–Kier alpha value is -1.75. The smallest absolute Gasteiger partial charge is 0.0845 e. The van der Waals surface area contributed by atoms with Crippen molar-refractivity contribution < 1.29 is 0 Å². The van der Waals surface area contributed by atoms with Gasteiger partial charge < -0.3 is 5.32 Å². The summed E-state index contributed by atoms with van der Waals surface area (Å²) in [7, 11) is 3.82. The van der Waals surface area contributed by atoms with Crippen LogP contribution in [0.2, 0.25) is 0 Å². The zero-order valence-corrected chi connectivity index (χ0v) is 9.46. The molecule has 0 saturated heterocycles. The molecule has 0 aliphatic carbocycles. The van der Waals surface area contributed by atoms with Crippen molar-refractivity contribution in [1.29, 1.82) is 0 Å². The average molecular weight is 217 g/mol. The van der Waals surface area contributed by atoms with Crippen molar-refractivity contribution in [3.63, 3.8) is 0 Å². The summed E-state index contributed by atoms with van der Waals surface area (Å²) in [5.74, 6) is 0. The van der Waals surface area contributed by atoms with Crippen LogP contribution in [0, 0.1) is 0 Å². The first-order chi connectivity index (χ1) is 7.79. The monoisotopic (exact) mass is 217 g/mol. The topological polar surface area (TPSA) is 55.6 Å². The van der Waals surface area contributed by atoms with Crippen LogP contribution < -0.4 is 5.32 Å². The molecular formula is C11H15N5. The Labute approximate surface area is 94.5 Å². The normalized spacial score (nSPS) is 12.6. The number of nitrogens with zero attached hydrogens (tertiary/aromatic N) is 4. The number of nitrogens with one attached hydrogen (secondary N) is 1. The van der Waals surface area contributed by atoms with Gasteiger partial charge in [-0.3, -0.25) is 9.67 Å². The van der Waals surface area contributed by atoms with Crippen molar-refractivity contribution in [3.8, 4) is 0 Å². The predicted molar refractivity (Wildman–Crippen MR) is 60.7 cm³/mol. The standard InChI is InChI=1S/C11H15N5/c1-12-11(9-3-5-13-6-4-9)7-10-8-16(2)15-14-10/h3-6,8,11-12H,7H2,1-2H3. The minimum Gasteiger partial charge on any atom is -0.313 e. The fourth-order valence-corrected chi connectivity index (χ4v) is 1.68. The molecule has 84 valence electrons. The Kier molecular flexibility index (Phi) is 3.26. The van der Waals surface area contributed by atoms with Gasteiger partial charge in [-0.25, -0.2) is 0 Å².